The van der Waals surface area contributed by atoms with Gasteiger partial charge in [0, 0.05) is 10.0 Å². The van der Waals surface area contributed by atoms with Gasteiger partial charge in [0.05, 0.1) is 17.8 Å². The third kappa shape index (κ3) is 2.98. The molecule has 0 bridgehead atoms. The lowest BCUT2D eigenvalue weighted by atomic mass is 10.1. The predicted octanol–water partition coefficient (Wildman–Crippen LogP) is 4.14. The number of benzene rings is 1. The molecular weight excluding hydrogens is 325 g/mol. The van der Waals surface area contributed by atoms with Crippen LogP contribution >= 0.6 is 15.9 Å². The van der Waals surface area contributed by atoms with Crippen molar-refractivity contribution < 1.29 is 17.6 Å². The summed E-state index contributed by atoms with van der Waals surface area (Å²) in [7, 11) is 0. The Bertz CT molecular complexity index is 593. The molecule has 0 saturated heterocycles. The summed E-state index contributed by atoms with van der Waals surface area (Å²) in [6.45, 7) is 1.64. The average Bonchev–Trinajstić information content (AvgIpc) is 2.77. The quantitative estimate of drug-likeness (QED) is 0.897. The van der Waals surface area contributed by atoms with Gasteiger partial charge in [-0.3, -0.25) is 0 Å². The summed E-state index contributed by atoms with van der Waals surface area (Å²) in [5.74, 6) is 0.248. The first-order chi connectivity index (χ1) is 8.79. The van der Waals surface area contributed by atoms with Crippen LogP contribution in [0.3, 0.4) is 0 Å². The van der Waals surface area contributed by atoms with E-state index in [1.165, 1.54) is 18.3 Å². The van der Waals surface area contributed by atoms with Crippen LogP contribution in [0, 0.1) is 0 Å². The van der Waals surface area contributed by atoms with E-state index < -0.39 is 17.8 Å². The van der Waals surface area contributed by atoms with Gasteiger partial charge >= 0.3 is 6.18 Å². The zero-order chi connectivity index (χ0) is 14.2. The van der Waals surface area contributed by atoms with Crippen molar-refractivity contribution in [3.05, 3.63) is 40.3 Å². The third-order valence-electron chi connectivity index (χ3n) is 2.47. The highest BCUT2D eigenvalue weighted by atomic mass is 79.9. The van der Waals surface area contributed by atoms with E-state index in [1.54, 1.807) is 6.92 Å². The standard InChI is InChI=1S/C12H10BrF3N2O/c1-6(17)11-18-5-10(19-11)8-3-2-7(13)4-9(8)12(14,15)16/h2-6H,17H2,1H3. The van der Waals surface area contributed by atoms with Crippen LogP contribution in [0.5, 0.6) is 0 Å². The molecule has 1 unspecified atom stereocenters. The lowest BCUT2D eigenvalue weighted by molar-refractivity contribution is -0.137. The van der Waals surface area contributed by atoms with Gasteiger partial charge in [0.25, 0.3) is 0 Å². The van der Waals surface area contributed by atoms with Gasteiger partial charge in [-0.1, -0.05) is 15.9 Å². The van der Waals surface area contributed by atoms with E-state index >= 15 is 0 Å². The molecule has 3 nitrogen and oxygen atoms in total. The SMILES string of the molecule is CC(N)c1ncc(-c2ccc(Br)cc2C(F)(F)F)o1. The van der Waals surface area contributed by atoms with E-state index in [2.05, 4.69) is 20.9 Å². The minimum atomic E-state index is -4.47. The molecule has 2 aromatic rings. The van der Waals surface area contributed by atoms with Crippen LogP contribution < -0.4 is 5.73 Å². The van der Waals surface area contributed by atoms with Crippen LogP contribution in [0.25, 0.3) is 11.3 Å². The van der Waals surface area contributed by atoms with E-state index in [0.29, 0.717) is 4.47 Å². The highest BCUT2D eigenvalue weighted by Crippen LogP contribution is 2.39. The average molecular weight is 335 g/mol. The topological polar surface area (TPSA) is 52.0 Å². The zero-order valence-electron chi connectivity index (χ0n) is 9.83. The Morgan fingerprint density at radius 2 is 2.05 bits per heavy atom. The highest BCUT2D eigenvalue weighted by molar-refractivity contribution is 9.10. The molecule has 0 aliphatic rings. The molecule has 0 spiro atoms. The van der Waals surface area contributed by atoms with Gasteiger partial charge in [0.1, 0.15) is 0 Å². The van der Waals surface area contributed by atoms with Crippen LogP contribution in [0.4, 0.5) is 13.2 Å². The summed E-state index contributed by atoms with van der Waals surface area (Å²) in [6.07, 6.45) is -3.22. The maximum absolute atomic E-state index is 13.0. The van der Waals surface area contributed by atoms with Gasteiger partial charge in [-0.05, 0) is 25.1 Å². The van der Waals surface area contributed by atoms with Gasteiger partial charge in [-0.25, -0.2) is 4.98 Å². The molecule has 0 aliphatic carbocycles. The third-order valence-corrected chi connectivity index (χ3v) is 2.96. The first-order valence-electron chi connectivity index (χ1n) is 5.37. The molecule has 7 heteroatoms. The van der Waals surface area contributed by atoms with Gasteiger partial charge in [0.2, 0.25) is 5.89 Å². The molecule has 0 saturated carbocycles. The van der Waals surface area contributed by atoms with E-state index in [1.807, 2.05) is 0 Å². The minimum Gasteiger partial charge on any atom is -0.439 e. The number of oxazole rings is 1. The van der Waals surface area contributed by atoms with Crippen molar-refractivity contribution >= 4 is 15.9 Å². The Morgan fingerprint density at radius 1 is 1.37 bits per heavy atom. The van der Waals surface area contributed by atoms with Gasteiger partial charge in [-0.15, -0.1) is 0 Å². The van der Waals surface area contributed by atoms with Crippen molar-refractivity contribution in [1.82, 2.24) is 4.98 Å². The minimum absolute atomic E-state index is 0.0483. The fourth-order valence-corrected chi connectivity index (χ4v) is 1.95. The number of rotatable bonds is 2. The summed E-state index contributed by atoms with van der Waals surface area (Å²) in [5, 5.41) is 0. The van der Waals surface area contributed by atoms with E-state index in [0.717, 1.165) is 6.07 Å². The van der Waals surface area contributed by atoms with Crippen LogP contribution in [0.15, 0.2) is 33.3 Å². The number of halogens is 4. The highest BCUT2D eigenvalue weighted by Gasteiger charge is 2.34. The number of nitrogens with zero attached hydrogens (tertiary/aromatic N) is 1. The molecule has 0 amide bonds. The number of aromatic nitrogens is 1. The van der Waals surface area contributed by atoms with Crippen molar-refractivity contribution in [3.8, 4) is 11.3 Å². The predicted molar refractivity (Wildman–Crippen MR) is 67.2 cm³/mol. The lowest BCUT2D eigenvalue weighted by Gasteiger charge is -2.11. The summed E-state index contributed by atoms with van der Waals surface area (Å²) in [4.78, 5) is 3.87. The molecule has 2 N–H and O–H groups in total. The summed E-state index contributed by atoms with van der Waals surface area (Å²) in [5.41, 5.74) is 4.72. The largest absolute Gasteiger partial charge is 0.439 e. The Kier molecular flexibility index (Phi) is 3.69. The van der Waals surface area contributed by atoms with E-state index in [9.17, 15) is 13.2 Å². The summed E-state index contributed by atoms with van der Waals surface area (Å²) < 4.78 is 44.5. The second-order valence-corrected chi connectivity index (χ2v) is 4.95. The first kappa shape index (κ1) is 14.1. The smallest absolute Gasteiger partial charge is 0.417 e. The number of nitrogens with two attached hydrogens (primary N) is 1. The van der Waals surface area contributed by atoms with Crippen LogP contribution in [-0.2, 0) is 6.18 Å². The zero-order valence-corrected chi connectivity index (χ0v) is 11.4. The molecule has 0 fully saturated rings. The molecule has 2 rings (SSSR count). The second-order valence-electron chi connectivity index (χ2n) is 4.04. The maximum Gasteiger partial charge on any atom is 0.417 e. The normalized spacial score (nSPS) is 13.6. The maximum atomic E-state index is 13.0. The van der Waals surface area contributed by atoms with Crippen LogP contribution in [-0.4, -0.2) is 4.98 Å². The number of hydrogen-bond donors (Lipinski definition) is 1. The molecule has 0 aliphatic heterocycles. The summed E-state index contributed by atoms with van der Waals surface area (Å²) in [6, 6.07) is 3.37. The van der Waals surface area contributed by atoms with Gasteiger partial charge in [0.15, 0.2) is 5.76 Å². The fourth-order valence-electron chi connectivity index (χ4n) is 1.59. The van der Waals surface area contributed by atoms with Crippen LogP contribution in [0.1, 0.15) is 24.4 Å². The summed E-state index contributed by atoms with van der Waals surface area (Å²) >= 11 is 3.02. The van der Waals surface area contributed by atoms with E-state index in [4.69, 9.17) is 10.2 Å². The van der Waals surface area contributed by atoms with E-state index in [-0.39, 0.29) is 17.2 Å². The molecule has 1 heterocycles. The number of alkyl halides is 3. The molecule has 1 aromatic carbocycles. The number of hydrogen-bond acceptors (Lipinski definition) is 3. The molecule has 0 radical (unpaired) electrons. The Labute approximate surface area is 115 Å². The van der Waals surface area contributed by atoms with Crippen molar-refractivity contribution in [2.45, 2.75) is 19.1 Å². The molecule has 1 atom stereocenters. The molecule has 1 aromatic heterocycles. The lowest BCUT2D eigenvalue weighted by Crippen LogP contribution is -2.07. The van der Waals surface area contributed by atoms with Crippen molar-refractivity contribution in [3.63, 3.8) is 0 Å². The Balaban J connectivity index is 2.55. The van der Waals surface area contributed by atoms with Crippen LogP contribution in [0.2, 0.25) is 0 Å². The first-order valence-corrected chi connectivity index (χ1v) is 6.17. The molecular formula is C12H10BrF3N2O. The molecule has 19 heavy (non-hydrogen) atoms. The molecule has 102 valence electrons. The monoisotopic (exact) mass is 334 g/mol. The second kappa shape index (κ2) is 4.97. The van der Waals surface area contributed by atoms with Crippen molar-refractivity contribution in [2.24, 2.45) is 5.73 Å². The Hall–Kier alpha value is -1.34. The fraction of sp³-hybridized carbons (Fsp3) is 0.250. The van der Waals surface area contributed by atoms with Gasteiger partial charge in [-0.2, -0.15) is 13.2 Å². The van der Waals surface area contributed by atoms with Crippen molar-refractivity contribution in [1.29, 1.82) is 0 Å². The van der Waals surface area contributed by atoms with Crippen molar-refractivity contribution in [2.75, 3.05) is 0 Å². The van der Waals surface area contributed by atoms with Gasteiger partial charge < -0.3 is 10.2 Å². The Morgan fingerprint density at radius 3 is 2.58 bits per heavy atom.